The maximum Gasteiger partial charge on any atom is 0.213 e. The van der Waals surface area contributed by atoms with E-state index in [0.29, 0.717) is 34.1 Å². The molecule has 0 fully saturated rings. The van der Waals surface area contributed by atoms with Gasteiger partial charge in [-0.3, -0.25) is 0 Å². The van der Waals surface area contributed by atoms with Crippen LogP contribution < -0.4 is 10.1 Å². The SMILES string of the molecule is COc1ccc(Nc2ncncc2-c2nc(C)nc(SC)n2)cn1. The van der Waals surface area contributed by atoms with Gasteiger partial charge in [0.15, 0.2) is 11.0 Å². The molecule has 0 aliphatic carbocycles. The quantitative estimate of drug-likeness (QED) is 0.702. The molecule has 0 aromatic carbocycles. The number of nitrogens with zero attached hydrogens (tertiary/aromatic N) is 6. The van der Waals surface area contributed by atoms with Gasteiger partial charge >= 0.3 is 0 Å². The summed E-state index contributed by atoms with van der Waals surface area (Å²) in [4.78, 5) is 25.6. The van der Waals surface area contributed by atoms with Gasteiger partial charge in [0.2, 0.25) is 5.88 Å². The number of nitrogens with one attached hydrogen (secondary N) is 1. The number of aromatic nitrogens is 6. The zero-order valence-corrected chi connectivity index (χ0v) is 14.2. The van der Waals surface area contributed by atoms with Gasteiger partial charge in [-0.15, -0.1) is 0 Å². The lowest BCUT2D eigenvalue weighted by atomic mass is 10.2. The van der Waals surface area contributed by atoms with E-state index in [9.17, 15) is 0 Å². The van der Waals surface area contributed by atoms with Gasteiger partial charge < -0.3 is 10.1 Å². The summed E-state index contributed by atoms with van der Waals surface area (Å²) in [6.45, 7) is 1.83. The summed E-state index contributed by atoms with van der Waals surface area (Å²) in [5.41, 5.74) is 1.46. The first-order valence-corrected chi connectivity index (χ1v) is 8.26. The normalized spacial score (nSPS) is 10.5. The van der Waals surface area contributed by atoms with E-state index >= 15 is 0 Å². The van der Waals surface area contributed by atoms with Crippen LogP contribution in [0.4, 0.5) is 11.5 Å². The summed E-state index contributed by atoms with van der Waals surface area (Å²) in [6, 6.07) is 3.62. The Balaban J connectivity index is 1.97. The van der Waals surface area contributed by atoms with Crippen molar-refractivity contribution in [2.45, 2.75) is 12.1 Å². The van der Waals surface area contributed by atoms with Crippen molar-refractivity contribution in [2.24, 2.45) is 0 Å². The third-order valence-corrected chi connectivity index (χ3v) is 3.62. The second-order valence-electron chi connectivity index (χ2n) is 4.69. The molecule has 3 heterocycles. The molecule has 0 radical (unpaired) electrons. The first-order valence-electron chi connectivity index (χ1n) is 7.03. The van der Waals surface area contributed by atoms with Crippen LogP contribution in [0.2, 0.25) is 0 Å². The van der Waals surface area contributed by atoms with Gasteiger partial charge in [0.25, 0.3) is 0 Å². The number of aryl methyl sites for hydroxylation is 1. The van der Waals surface area contributed by atoms with Crippen molar-refractivity contribution >= 4 is 23.3 Å². The van der Waals surface area contributed by atoms with Crippen LogP contribution in [-0.2, 0) is 0 Å². The summed E-state index contributed by atoms with van der Waals surface area (Å²) < 4.78 is 5.06. The third-order valence-electron chi connectivity index (χ3n) is 3.07. The standard InChI is InChI=1S/C15H15N7OS/c1-9-19-14(22-15(20-9)24-3)11-7-16-8-18-13(11)21-10-4-5-12(23-2)17-6-10/h4-8H,1-3H3,(H,16,18,21). The average Bonchev–Trinajstić information content (AvgIpc) is 2.62. The lowest BCUT2D eigenvalue weighted by Gasteiger charge is -2.10. The minimum atomic E-state index is 0.524. The van der Waals surface area contributed by atoms with Gasteiger partial charge in [-0.1, -0.05) is 11.8 Å². The van der Waals surface area contributed by atoms with Gasteiger partial charge in [0.1, 0.15) is 18.0 Å². The van der Waals surface area contributed by atoms with E-state index < -0.39 is 0 Å². The van der Waals surface area contributed by atoms with Crippen molar-refractivity contribution in [3.05, 3.63) is 36.7 Å². The Morgan fingerprint density at radius 3 is 2.67 bits per heavy atom. The van der Waals surface area contributed by atoms with E-state index in [-0.39, 0.29) is 0 Å². The number of ether oxygens (including phenoxy) is 1. The molecule has 0 spiro atoms. The minimum absolute atomic E-state index is 0.524. The smallest absolute Gasteiger partial charge is 0.213 e. The Morgan fingerprint density at radius 1 is 1.08 bits per heavy atom. The fourth-order valence-corrected chi connectivity index (χ4v) is 2.37. The molecule has 0 bridgehead atoms. The lowest BCUT2D eigenvalue weighted by molar-refractivity contribution is 0.398. The second-order valence-corrected chi connectivity index (χ2v) is 5.47. The maximum atomic E-state index is 5.06. The van der Waals surface area contributed by atoms with E-state index in [1.807, 2.05) is 19.2 Å². The van der Waals surface area contributed by atoms with Crippen LogP contribution in [0.5, 0.6) is 5.88 Å². The monoisotopic (exact) mass is 341 g/mol. The zero-order valence-electron chi connectivity index (χ0n) is 13.4. The Bertz CT molecular complexity index is 841. The van der Waals surface area contributed by atoms with Crippen molar-refractivity contribution in [1.82, 2.24) is 29.9 Å². The molecule has 0 saturated carbocycles. The maximum absolute atomic E-state index is 5.06. The molecule has 122 valence electrons. The molecule has 0 amide bonds. The number of thioether (sulfide) groups is 1. The molecule has 3 rings (SSSR count). The Kier molecular flexibility index (Phi) is 4.80. The number of rotatable bonds is 5. The number of hydrogen-bond acceptors (Lipinski definition) is 9. The zero-order chi connectivity index (χ0) is 16.9. The van der Waals surface area contributed by atoms with Gasteiger partial charge in [0, 0.05) is 12.3 Å². The lowest BCUT2D eigenvalue weighted by Crippen LogP contribution is -2.03. The highest BCUT2D eigenvalue weighted by molar-refractivity contribution is 7.98. The molecule has 3 aromatic rings. The van der Waals surface area contributed by atoms with Gasteiger partial charge in [0.05, 0.1) is 24.6 Å². The van der Waals surface area contributed by atoms with Crippen molar-refractivity contribution in [3.8, 4) is 17.3 Å². The summed E-state index contributed by atoms with van der Waals surface area (Å²) >= 11 is 1.46. The largest absolute Gasteiger partial charge is 0.481 e. The predicted molar refractivity (Wildman–Crippen MR) is 91.4 cm³/mol. The molecule has 0 saturated heterocycles. The highest BCUT2D eigenvalue weighted by atomic mass is 32.2. The van der Waals surface area contributed by atoms with Crippen LogP contribution in [0.1, 0.15) is 5.82 Å². The number of hydrogen-bond donors (Lipinski definition) is 1. The van der Waals surface area contributed by atoms with Crippen LogP contribution in [0, 0.1) is 6.92 Å². The number of methoxy groups -OCH3 is 1. The van der Waals surface area contributed by atoms with Crippen molar-refractivity contribution in [1.29, 1.82) is 0 Å². The average molecular weight is 341 g/mol. The van der Waals surface area contributed by atoms with Crippen LogP contribution in [-0.4, -0.2) is 43.3 Å². The van der Waals surface area contributed by atoms with Crippen molar-refractivity contribution in [2.75, 3.05) is 18.7 Å². The van der Waals surface area contributed by atoms with E-state index in [1.54, 1.807) is 25.6 Å². The minimum Gasteiger partial charge on any atom is -0.481 e. The summed E-state index contributed by atoms with van der Waals surface area (Å²) in [5.74, 6) is 2.30. The Morgan fingerprint density at radius 2 is 1.96 bits per heavy atom. The molecule has 0 aliphatic heterocycles. The fraction of sp³-hybridized carbons (Fsp3) is 0.200. The predicted octanol–water partition coefficient (Wildman–Crippen LogP) is 2.51. The first kappa shape index (κ1) is 16.1. The molecule has 0 aliphatic rings. The van der Waals surface area contributed by atoms with E-state index in [4.69, 9.17) is 4.74 Å². The molecular formula is C15H15N7OS. The summed E-state index contributed by atoms with van der Waals surface area (Å²) in [6.07, 6.45) is 6.72. The second kappa shape index (κ2) is 7.18. The third kappa shape index (κ3) is 3.57. The molecule has 8 nitrogen and oxygen atoms in total. The summed E-state index contributed by atoms with van der Waals surface area (Å²) in [7, 11) is 1.57. The van der Waals surface area contributed by atoms with Crippen LogP contribution in [0.3, 0.4) is 0 Å². The van der Waals surface area contributed by atoms with Gasteiger partial charge in [-0.05, 0) is 19.2 Å². The topological polar surface area (TPSA) is 98.6 Å². The number of pyridine rings is 1. The fourth-order valence-electron chi connectivity index (χ4n) is 1.97. The first-order chi connectivity index (χ1) is 11.7. The van der Waals surface area contributed by atoms with E-state index in [1.165, 1.54) is 18.1 Å². The molecule has 0 atom stereocenters. The molecule has 24 heavy (non-hydrogen) atoms. The molecule has 9 heteroatoms. The molecule has 0 unspecified atom stereocenters. The molecule has 1 N–H and O–H groups in total. The molecular weight excluding hydrogens is 326 g/mol. The van der Waals surface area contributed by atoms with Crippen LogP contribution in [0.25, 0.3) is 11.4 Å². The summed E-state index contributed by atoms with van der Waals surface area (Å²) in [5, 5.41) is 3.85. The van der Waals surface area contributed by atoms with Gasteiger partial charge in [-0.2, -0.15) is 0 Å². The van der Waals surface area contributed by atoms with Crippen LogP contribution >= 0.6 is 11.8 Å². The Labute approximate surface area is 143 Å². The van der Waals surface area contributed by atoms with Crippen molar-refractivity contribution < 1.29 is 4.74 Å². The van der Waals surface area contributed by atoms with E-state index in [2.05, 4.69) is 35.2 Å². The van der Waals surface area contributed by atoms with Crippen molar-refractivity contribution in [3.63, 3.8) is 0 Å². The number of anilines is 2. The van der Waals surface area contributed by atoms with Crippen LogP contribution in [0.15, 0.2) is 36.0 Å². The van der Waals surface area contributed by atoms with Gasteiger partial charge in [-0.25, -0.2) is 29.9 Å². The highest BCUT2D eigenvalue weighted by Gasteiger charge is 2.12. The van der Waals surface area contributed by atoms with E-state index in [0.717, 1.165) is 5.69 Å². The Hall–Kier alpha value is -2.81. The molecule has 3 aromatic heterocycles. The highest BCUT2D eigenvalue weighted by Crippen LogP contribution is 2.26.